The van der Waals surface area contributed by atoms with Crippen molar-refractivity contribution in [1.29, 1.82) is 0 Å². The van der Waals surface area contributed by atoms with Crippen molar-refractivity contribution >= 4 is 34.2 Å². The van der Waals surface area contributed by atoms with Crippen LogP contribution in [0.3, 0.4) is 0 Å². The molecule has 2 saturated heterocycles. The normalized spacial score (nSPS) is 21.8. The lowest BCUT2D eigenvalue weighted by atomic mass is 10.2. The molecule has 0 radical (unpaired) electrons. The maximum Gasteiger partial charge on any atom is 0.219 e. The Morgan fingerprint density at radius 3 is 2.76 bits per heavy atom. The molecule has 2 aliphatic rings. The second-order valence-corrected chi connectivity index (χ2v) is 6.99. The summed E-state index contributed by atoms with van der Waals surface area (Å²) >= 11 is 6.13. The molecule has 0 aliphatic carbocycles. The first-order valence-corrected chi connectivity index (χ1v) is 9.17. The number of nitrogens with zero attached hydrogens (tertiary/aromatic N) is 5. The van der Waals surface area contributed by atoms with Crippen LogP contribution in [0.25, 0.3) is 10.9 Å². The summed E-state index contributed by atoms with van der Waals surface area (Å²) in [6.07, 6.45) is 4.92. The maximum absolute atomic E-state index is 11.5. The third-order valence-corrected chi connectivity index (χ3v) is 5.20. The van der Waals surface area contributed by atoms with Crippen LogP contribution in [0.2, 0.25) is 5.15 Å². The van der Waals surface area contributed by atoms with Gasteiger partial charge in [0, 0.05) is 52.0 Å². The first-order valence-electron chi connectivity index (χ1n) is 8.79. The summed E-state index contributed by atoms with van der Waals surface area (Å²) in [6.45, 7) is 5.33. The Bertz CT molecular complexity index is 779. The topological polar surface area (TPSA) is 63.5 Å². The Morgan fingerprint density at radius 2 is 2.08 bits per heavy atom. The smallest absolute Gasteiger partial charge is 0.219 e. The van der Waals surface area contributed by atoms with Crippen molar-refractivity contribution in [2.24, 2.45) is 0 Å². The molecule has 0 bridgehead atoms. The molecule has 1 unspecified atom stereocenters. The molecule has 0 aromatic carbocycles. The van der Waals surface area contributed by atoms with Gasteiger partial charge < -0.3 is 14.5 Å². The predicted octanol–water partition coefficient (Wildman–Crippen LogP) is 2.45. The molecule has 2 aromatic heterocycles. The fourth-order valence-corrected chi connectivity index (χ4v) is 3.75. The lowest BCUT2D eigenvalue weighted by Gasteiger charge is -2.34. The zero-order valence-electron chi connectivity index (χ0n) is 14.3. The number of aromatic nitrogens is 3. The van der Waals surface area contributed by atoms with Gasteiger partial charge in [0.25, 0.3) is 0 Å². The summed E-state index contributed by atoms with van der Waals surface area (Å²) in [5.41, 5.74) is 0.955. The lowest BCUT2D eigenvalue weighted by Crippen LogP contribution is -2.48. The minimum atomic E-state index is -0.0537. The predicted molar refractivity (Wildman–Crippen MR) is 95.8 cm³/mol. The Labute approximate surface area is 151 Å². The van der Waals surface area contributed by atoms with E-state index in [4.69, 9.17) is 21.4 Å². The van der Waals surface area contributed by atoms with Crippen LogP contribution in [0.4, 0.5) is 5.82 Å². The van der Waals surface area contributed by atoms with E-state index >= 15 is 0 Å². The minimum absolute atomic E-state index is 0.0537. The highest BCUT2D eigenvalue weighted by Gasteiger charge is 2.26. The number of halogens is 1. The Hall–Kier alpha value is -1.86. The van der Waals surface area contributed by atoms with Crippen molar-refractivity contribution in [3.05, 3.63) is 17.4 Å². The number of piperazine rings is 1. The van der Waals surface area contributed by atoms with Crippen LogP contribution in [0.5, 0.6) is 0 Å². The number of hydrogen-bond donors (Lipinski definition) is 0. The molecule has 4 rings (SSSR count). The van der Waals surface area contributed by atoms with E-state index in [2.05, 4.69) is 9.88 Å². The highest BCUT2D eigenvalue weighted by molar-refractivity contribution is 6.30. The van der Waals surface area contributed by atoms with E-state index in [1.54, 1.807) is 13.1 Å². The number of ether oxygens (including phenoxy) is 1. The number of pyridine rings is 1. The number of fused-ring (bicyclic) bond motifs is 1. The number of rotatable bonds is 2. The maximum atomic E-state index is 11.5. The number of amides is 1. The quantitative estimate of drug-likeness (QED) is 0.767. The van der Waals surface area contributed by atoms with Gasteiger partial charge in [-0.05, 0) is 19.3 Å². The van der Waals surface area contributed by atoms with E-state index in [-0.39, 0.29) is 12.1 Å². The van der Waals surface area contributed by atoms with E-state index in [0.717, 1.165) is 55.7 Å². The zero-order valence-corrected chi connectivity index (χ0v) is 15.1. The van der Waals surface area contributed by atoms with E-state index in [1.807, 2.05) is 15.6 Å². The molecule has 25 heavy (non-hydrogen) atoms. The van der Waals surface area contributed by atoms with Gasteiger partial charge in [0.1, 0.15) is 5.15 Å². The molecular formula is C17H22ClN5O2. The molecule has 1 amide bonds. The third-order valence-electron chi connectivity index (χ3n) is 4.99. The second kappa shape index (κ2) is 6.80. The molecule has 8 heteroatoms. The monoisotopic (exact) mass is 363 g/mol. The van der Waals surface area contributed by atoms with Crippen molar-refractivity contribution in [2.75, 3.05) is 37.7 Å². The molecule has 1 atom stereocenters. The van der Waals surface area contributed by atoms with Crippen molar-refractivity contribution in [2.45, 2.75) is 32.4 Å². The summed E-state index contributed by atoms with van der Waals surface area (Å²) in [7, 11) is 0. The summed E-state index contributed by atoms with van der Waals surface area (Å²) < 4.78 is 7.88. The molecule has 7 nitrogen and oxygen atoms in total. The van der Waals surface area contributed by atoms with Gasteiger partial charge in [0.2, 0.25) is 5.91 Å². The number of carbonyl (C=O) groups excluding carboxylic acids is 1. The van der Waals surface area contributed by atoms with Gasteiger partial charge in [-0.15, -0.1) is 0 Å². The van der Waals surface area contributed by atoms with Crippen LogP contribution in [-0.2, 0) is 9.53 Å². The van der Waals surface area contributed by atoms with Crippen molar-refractivity contribution in [3.63, 3.8) is 0 Å². The average Bonchev–Trinajstić information content (AvgIpc) is 3.01. The number of hydrogen-bond acceptors (Lipinski definition) is 5. The van der Waals surface area contributed by atoms with Crippen LogP contribution in [0.15, 0.2) is 12.3 Å². The minimum Gasteiger partial charge on any atom is -0.356 e. The molecular weight excluding hydrogens is 342 g/mol. The molecule has 4 heterocycles. The summed E-state index contributed by atoms with van der Waals surface area (Å²) in [6, 6.07) is 1.86. The van der Waals surface area contributed by atoms with Crippen LogP contribution < -0.4 is 4.90 Å². The Balaban J connectivity index is 1.68. The van der Waals surface area contributed by atoms with Crippen LogP contribution >= 0.6 is 11.6 Å². The van der Waals surface area contributed by atoms with Gasteiger partial charge in [-0.3, -0.25) is 4.79 Å². The zero-order chi connectivity index (χ0) is 17.4. The molecule has 0 saturated carbocycles. The van der Waals surface area contributed by atoms with E-state index in [9.17, 15) is 4.79 Å². The van der Waals surface area contributed by atoms with Gasteiger partial charge >= 0.3 is 0 Å². The van der Waals surface area contributed by atoms with Crippen molar-refractivity contribution < 1.29 is 9.53 Å². The summed E-state index contributed by atoms with van der Waals surface area (Å²) in [4.78, 5) is 19.9. The second-order valence-electron chi connectivity index (χ2n) is 6.61. The highest BCUT2D eigenvalue weighted by atomic mass is 35.5. The van der Waals surface area contributed by atoms with Crippen molar-refractivity contribution in [1.82, 2.24) is 19.7 Å². The van der Waals surface area contributed by atoms with E-state index < -0.39 is 0 Å². The third kappa shape index (κ3) is 3.18. The molecule has 0 N–H and O–H groups in total. The number of carbonyl (C=O) groups is 1. The van der Waals surface area contributed by atoms with Crippen LogP contribution in [0, 0.1) is 0 Å². The first kappa shape index (κ1) is 16.6. The van der Waals surface area contributed by atoms with Gasteiger partial charge in [-0.2, -0.15) is 5.10 Å². The molecule has 2 aromatic rings. The van der Waals surface area contributed by atoms with Gasteiger partial charge in [0.15, 0.2) is 12.0 Å². The fraction of sp³-hybridized carbons (Fsp3) is 0.588. The van der Waals surface area contributed by atoms with Crippen LogP contribution in [0.1, 0.15) is 32.4 Å². The standard InChI is InChI=1S/C17H22ClN5O2/c1-12(24)21-5-7-22(8-6-21)17-13-11-19-15(18)10-14(13)23(20-17)16-4-2-3-9-25-16/h10-11,16H,2-9H2,1H3. The fourth-order valence-electron chi connectivity index (χ4n) is 3.59. The average molecular weight is 364 g/mol. The van der Waals surface area contributed by atoms with Gasteiger partial charge in [-0.1, -0.05) is 11.6 Å². The largest absolute Gasteiger partial charge is 0.356 e. The lowest BCUT2D eigenvalue weighted by molar-refractivity contribution is -0.129. The molecule has 134 valence electrons. The van der Waals surface area contributed by atoms with Gasteiger partial charge in [0.05, 0.1) is 10.9 Å². The number of anilines is 1. The summed E-state index contributed by atoms with van der Waals surface area (Å²) in [5, 5.41) is 6.30. The molecule has 0 spiro atoms. The molecule has 2 aliphatic heterocycles. The SMILES string of the molecule is CC(=O)N1CCN(c2nn(C3CCCCO3)c3cc(Cl)ncc23)CC1. The Kier molecular flexibility index (Phi) is 4.52. The van der Waals surface area contributed by atoms with E-state index in [0.29, 0.717) is 18.2 Å². The highest BCUT2D eigenvalue weighted by Crippen LogP contribution is 2.33. The van der Waals surface area contributed by atoms with Crippen LogP contribution in [-0.4, -0.2) is 58.4 Å². The molecule has 2 fully saturated rings. The van der Waals surface area contributed by atoms with Crippen molar-refractivity contribution in [3.8, 4) is 0 Å². The first-order chi connectivity index (χ1) is 12.1. The Morgan fingerprint density at radius 1 is 1.28 bits per heavy atom. The van der Waals surface area contributed by atoms with E-state index in [1.165, 1.54) is 0 Å². The van der Waals surface area contributed by atoms with Gasteiger partial charge in [-0.25, -0.2) is 9.67 Å². The summed E-state index contributed by atoms with van der Waals surface area (Å²) in [5.74, 6) is 1.02.